The number of imidazole rings is 1. The first-order valence-electron chi connectivity index (χ1n) is 4.07. The van der Waals surface area contributed by atoms with Gasteiger partial charge in [-0.25, -0.2) is 4.98 Å². The molecule has 0 bridgehead atoms. The maximum Gasteiger partial charge on any atom is 0.228 e. The van der Waals surface area contributed by atoms with Crippen LogP contribution in [0.25, 0.3) is 0 Å². The molecule has 1 aromatic heterocycles. The number of halogens is 1. The average molecular weight is 251 g/mol. The summed E-state index contributed by atoms with van der Waals surface area (Å²) in [5, 5.41) is 0. The molecule has 1 heterocycles. The number of hydrogen-bond donors (Lipinski definition) is 1. The standard InChI is InChI=1S/C10H7BrN2O/c11-8-3-1-2-7(6-8)9(14)10-12-4-5-13-10/h1-6H,(H,12,13). The van der Waals surface area contributed by atoms with E-state index in [9.17, 15) is 4.79 Å². The van der Waals surface area contributed by atoms with E-state index in [-0.39, 0.29) is 5.78 Å². The number of aromatic nitrogens is 2. The number of carbonyl (C=O) groups excluding carboxylic acids is 1. The van der Waals surface area contributed by atoms with E-state index < -0.39 is 0 Å². The van der Waals surface area contributed by atoms with Crippen molar-refractivity contribution in [2.24, 2.45) is 0 Å². The molecular weight excluding hydrogens is 244 g/mol. The van der Waals surface area contributed by atoms with Crippen molar-refractivity contribution in [2.45, 2.75) is 0 Å². The van der Waals surface area contributed by atoms with E-state index in [2.05, 4.69) is 25.9 Å². The Kier molecular flexibility index (Phi) is 2.45. The zero-order chi connectivity index (χ0) is 9.97. The Morgan fingerprint density at radius 3 is 2.93 bits per heavy atom. The van der Waals surface area contributed by atoms with Crippen LogP contribution in [0.1, 0.15) is 16.2 Å². The molecule has 0 saturated carbocycles. The molecule has 70 valence electrons. The Hall–Kier alpha value is -1.42. The zero-order valence-electron chi connectivity index (χ0n) is 7.20. The third kappa shape index (κ3) is 1.75. The van der Waals surface area contributed by atoms with Gasteiger partial charge in [-0.15, -0.1) is 0 Å². The molecule has 0 fully saturated rings. The van der Waals surface area contributed by atoms with Crippen molar-refractivity contribution in [2.75, 3.05) is 0 Å². The third-order valence-electron chi connectivity index (χ3n) is 1.80. The minimum Gasteiger partial charge on any atom is -0.342 e. The lowest BCUT2D eigenvalue weighted by atomic mass is 10.1. The lowest BCUT2D eigenvalue weighted by Crippen LogP contribution is -2.03. The number of nitrogens with one attached hydrogen (secondary N) is 1. The van der Waals surface area contributed by atoms with Crippen LogP contribution in [0.5, 0.6) is 0 Å². The SMILES string of the molecule is O=C(c1cccc(Br)c1)c1ncc[nH]1. The molecule has 1 N–H and O–H groups in total. The second-order valence-electron chi connectivity index (χ2n) is 2.78. The molecule has 0 radical (unpaired) electrons. The van der Waals surface area contributed by atoms with Gasteiger partial charge in [0.2, 0.25) is 5.78 Å². The highest BCUT2D eigenvalue weighted by molar-refractivity contribution is 9.10. The predicted octanol–water partition coefficient (Wildman–Crippen LogP) is 2.40. The zero-order valence-corrected chi connectivity index (χ0v) is 8.78. The molecule has 4 heteroatoms. The van der Waals surface area contributed by atoms with Crippen molar-refractivity contribution >= 4 is 21.7 Å². The number of nitrogens with zero attached hydrogens (tertiary/aromatic N) is 1. The van der Waals surface area contributed by atoms with E-state index in [1.165, 1.54) is 0 Å². The van der Waals surface area contributed by atoms with Crippen LogP contribution >= 0.6 is 15.9 Å². The van der Waals surface area contributed by atoms with Gasteiger partial charge in [0.25, 0.3) is 0 Å². The lowest BCUT2D eigenvalue weighted by Gasteiger charge is -1.97. The fourth-order valence-corrected chi connectivity index (χ4v) is 1.56. The largest absolute Gasteiger partial charge is 0.342 e. The summed E-state index contributed by atoms with van der Waals surface area (Å²) < 4.78 is 0.884. The number of H-pyrrole nitrogens is 1. The summed E-state index contributed by atoms with van der Waals surface area (Å²) in [6.07, 6.45) is 3.19. The molecule has 3 nitrogen and oxygen atoms in total. The second kappa shape index (κ2) is 3.75. The van der Waals surface area contributed by atoms with Gasteiger partial charge in [0.05, 0.1) is 0 Å². The summed E-state index contributed by atoms with van der Waals surface area (Å²) in [4.78, 5) is 18.4. The highest BCUT2D eigenvalue weighted by atomic mass is 79.9. The third-order valence-corrected chi connectivity index (χ3v) is 2.29. The minimum absolute atomic E-state index is 0.101. The topological polar surface area (TPSA) is 45.8 Å². The quantitative estimate of drug-likeness (QED) is 0.833. The van der Waals surface area contributed by atoms with Crippen LogP contribution in [0.2, 0.25) is 0 Å². The Morgan fingerprint density at radius 2 is 2.29 bits per heavy atom. The summed E-state index contributed by atoms with van der Waals surface area (Å²) >= 11 is 3.31. The van der Waals surface area contributed by atoms with Gasteiger partial charge < -0.3 is 4.98 Å². The van der Waals surface area contributed by atoms with E-state index in [4.69, 9.17) is 0 Å². The van der Waals surface area contributed by atoms with Crippen molar-refractivity contribution in [3.8, 4) is 0 Å². The van der Waals surface area contributed by atoms with E-state index >= 15 is 0 Å². The van der Waals surface area contributed by atoms with Crippen molar-refractivity contribution < 1.29 is 4.79 Å². The van der Waals surface area contributed by atoms with Crippen LogP contribution in [0.3, 0.4) is 0 Å². The monoisotopic (exact) mass is 250 g/mol. The minimum atomic E-state index is -0.101. The van der Waals surface area contributed by atoms with Gasteiger partial charge in [-0.05, 0) is 12.1 Å². The van der Waals surface area contributed by atoms with E-state index in [0.29, 0.717) is 11.4 Å². The van der Waals surface area contributed by atoms with Crippen LogP contribution < -0.4 is 0 Å². The molecule has 14 heavy (non-hydrogen) atoms. The Balaban J connectivity index is 2.37. The summed E-state index contributed by atoms with van der Waals surface area (Å²) in [6, 6.07) is 7.22. The van der Waals surface area contributed by atoms with Crippen LogP contribution in [-0.4, -0.2) is 15.8 Å². The van der Waals surface area contributed by atoms with Crippen LogP contribution in [0, 0.1) is 0 Å². The van der Waals surface area contributed by atoms with E-state index in [0.717, 1.165) is 4.47 Å². The van der Waals surface area contributed by atoms with Gasteiger partial charge in [0.15, 0.2) is 5.82 Å². The van der Waals surface area contributed by atoms with Gasteiger partial charge in [-0.2, -0.15) is 0 Å². The average Bonchev–Trinajstić information content (AvgIpc) is 2.69. The normalized spacial score (nSPS) is 10.1. The van der Waals surface area contributed by atoms with Crippen LogP contribution in [0.4, 0.5) is 0 Å². The van der Waals surface area contributed by atoms with Crippen LogP contribution in [-0.2, 0) is 0 Å². The Bertz CT molecular complexity index is 451. The number of aromatic amines is 1. The van der Waals surface area contributed by atoms with Gasteiger partial charge >= 0.3 is 0 Å². The highest BCUT2D eigenvalue weighted by Crippen LogP contribution is 2.13. The molecule has 1 aromatic carbocycles. The van der Waals surface area contributed by atoms with Gasteiger partial charge in [-0.1, -0.05) is 28.1 Å². The first kappa shape index (κ1) is 9.15. The Labute approximate surface area is 89.3 Å². The maximum absolute atomic E-state index is 11.7. The molecule has 0 spiro atoms. The molecular formula is C10H7BrN2O. The van der Waals surface area contributed by atoms with Gasteiger partial charge in [-0.3, -0.25) is 4.79 Å². The molecule has 2 aromatic rings. The molecule has 0 aliphatic carbocycles. The first-order chi connectivity index (χ1) is 6.77. The molecule has 0 unspecified atom stereocenters. The number of carbonyl (C=O) groups is 1. The summed E-state index contributed by atoms with van der Waals surface area (Å²) in [5.41, 5.74) is 0.620. The first-order valence-corrected chi connectivity index (χ1v) is 4.86. The van der Waals surface area contributed by atoms with Crippen molar-refractivity contribution in [3.05, 3.63) is 52.5 Å². The fourth-order valence-electron chi connectivity index (χ4n) is 1.16. The summed E-state index contributed by atoms with van der Waals surface area (Å²) in [5.74, 6) is 0.263. The van der Waals surface area contributed by atoms with E-state index in [1.807, 2.05) is 12.1 Å². The molecule has 0 amide bonds. The number of hydrogen-bond acceptors (Lipinski definition) is 2. The number of ketones is 1. The smallest absolute Gasteiger partial charge is 0.228 e. The van der Waals surface area contributed by atoms with Crippen molar-refractivity contribution in [1.82, 2.24) is 9.97 Å². The predicted molar refractivity (Wildman–Crippen MR) is 56.2 cm³/mol. The van der Waals surface area contributed by atoms with Crippen molar-refractivity contribution in [3.63, 3.8) is 0 Å². The fraction of sp³-hybridized carbons (Fsp3) is 0. The Morgan fingerprint density at radius 1 is 1.43 bits per heavy atom. The van der Waals surface area contributed by atoms with Gasteiger partial charge in [0.1, 0.15) is 0 Å². The molecule has 0 aliphatic rings. The molecule has 0 aliphatic heterocycles. The lowest BCUT2D eigenvalue weighted by molar-refractivity contribution is 0.103. The summed E-state index contributed by atoms with van der Waals surface area (Å²) in [6.45, 7) is 0. The van der Waals surface area contributed by atoms with Crippen molar-refractivity contribution in [1.29, 1.82) is 0 Å². The second-order valence-corrected chi connectivity index (χ2v) is 3.69. The summed E-state index contributed by atoms with van der Waals surface area (Å²) in [7, 11) is 0. The highest BCUT2D eigenvalue weighted by Gasteiger charge is 2.10. The maximum atomic E-state index is 11.7. The molecule has 0 atom stereocenters. The van der Waals surface area contributed by atoms with E-state index in [1.54, 1.807) is 24.5 Å². The van der Waals surface area contributed by atoms with Gasteiger partial charge in [0, 0.05) is 22.4 Å². The van der Waals surface area contributed by atoms with Crippen LogP contribution in [0.15, 0.2) is 41.1 Å². The molecule has 0 saturated heterocycles. The molecule has 2 rings (SSSR count). The number of benzene rings is 1. The number of rotatable bonds is 2.